The van der Waals surface area contributed by atoms with Gasteiger partial charge >= 0.3 is 0 Å². The number of rotatable bonds is 7. The summed E-state index contributed by atoms with van der Waals surface area (Å²) in [6.07, 6.45) is 2.95. The Labute approximate surface area is 217 Å². The average molecular weight is 501 g/mol. The zero-order chi connectivity index (χ0) is 25.9. The van der Waals surface area contributed by atoms with Crippen molar-refractivity contribution in [2.24, 2.45) is 5.73 Å². The van der Waals surface area contributed by atoms with Crippen molar-refractivity contribution in [3.8, 4) is 0 Å². The molecule has 0 radical (unpaired) electrons. The van der Waals surface area contributed by atoms with Crippen LogP contribution in [0, 0.1) is 5.82 Å². The number of nitrogens with zero attached hydrogens (tertiary/aromatic N) is 2. The van der Waals surface area contributed by atoms with Crippen LogP contribution in [0.2, 0.25) is 0 Å². The van der Waals surface area contributed by atoms with Crippen molar-refractivity contribution in [1.82, 2.24) is 0 Å². The number of amides is 1. The molecule has 0 bridgehead atoms. The number of morpholine rings is 1. The van der Waals surface area contributed by atoms with Crippen molar-refractivity contribution in [1.29, 1.82) is 0 Å². The Morgan fingerprint density at radius 3 is 2.57 bits per heavy atom. The molecular weight excluding hydrogens is 467 g/mol. The predicted octanol–water partition coefficient (Wildman–Crippen LogP) is 4.66. The van der Waals surface area contributed by atoms with Crippen LogP contribution < -0.4 is 20.9 Å². The van der Waals surface area contributed by atoms with Gasteiger partial charge in [-0.1, -0.05) is 24.3 Å². The second-order valence-electron chi connectivity index (χ2n) is 9.70. The van der Waals surface area contributed by atoms with E-state index >= 15 is 4.39 Å². The van der Waals surface area contributed by atoms with E-state index in [0.717, 1.165) is 49.5 Å². The summed E-state index contributed by atoms with van der Waals surface area (Å²) in [7, 11) is 3.87. The van der Waals surface area contributed by atoms with Crippen LogP contribution in [0.5, 0.6) is 0 Å². The van der Waals surface area contributed by atoms with Gasteiger partial charge in [0.25, 0.3) is 5.91 Å². The Balaban J connectivity index is 1.37. The van der Waals surface area contributed by atoms with Crippen molar-refractivity contribution in [3.63, 3.8) is 0 Å². The van der Waals surface area contributed by atoms with Crippen LogP contribution in [-0.4, -0.2) is 52.9 Å². The first kappa shape index (κ1) is 25.0. The summed E-state index contributed by atoms with van der Waals surface area (Å²) in [5.41, 5.74) is 12.9. The zero-order valence-electron chi connectivity index (χ0n) is 21.3. The van der Waals surface area contributed by atoms with E-state index in [-0.39, 0.29) is 24.1 Å². The summed E-state index contributed by atoms with van der Waals surface area (Å²) in [5.74, 6) is -1.12. The second kappa shape index (κ2) is 10.7. The highest BCUT2D eigenvalue weighted by Crippen LogP contribution is 2.41. The van der Waals surface area contributed by atoms with Crippen molar-refractivity contribution < 1.29 is 13.9 Å². The number of hydrogen-bond acceptors (Lipinski definition) is 5. The van der Waals surface area contributed by atoms with Crippen molar-refractivity contribution in [3.05, 3.63) is 94.8 Å². The van der Waals surface area contributed by atoms with Gasteiger partial charge in [0.15, 0.2) is 5.82 Å². The van der Waals surface area contributed by atoms with Gasteiger partial charge in [-0.3, -0.25) is 4.79 Å². The molecule has 5 rings (SSSR count). The van der Waals surface area contributed by atoms with Crippen molar-refractivity contribution >= 4 is 28.5 Å². The molecule has 0 aromatic heterocycles. The molecule has 1 aliphatic heterocycles. The lowest BCUT2D eigenvalue weighted by atomic mass is 9.87. The maximum atomic E-state index is 15.8. The third kappa shape index (κ3) is 5.10. The van der Waals surface area contributed by atoms with Gasteiger partial charge in [-0.05, 0) is 71.1 Å². The zero-order valence-corrected chi connectivity index (χ0v) is 21.3. The van der Waals surface area contributed by atoms with E-state index in [9.17, 15) is 4.79 Å². The predicted molar refractivity (Wildman–Crippen MR) is 148 cm³/mol. The maximum Gasteiger partial charge on any atom is 0.255 e. The minimum Gasteiger partial charge on any atom is -0.378 e. The van der Waals surface area contributed by atoms with Crippen LogP contribution in [-0.2, 0) is 11.2 Å². The van der Waals surface area contributed by atoms with Gasteiger partial charge in [-0.25, -0.2) is 4.39 Å². The largest absolute Gasteiger partial charge is 0.378 e. The fraction of sp³-hybridized carbons (Fsp3) is 0.300. The Kier molecular flexibility index (Phi) is 7.26. The molecule has 3 aromatic carbocycles. The molecule has 37 heavy (non-hydrogen) atoms. The van der Waals surface area contributed by atoms with Gasteiger partial charge in [0.2, 0.25) is 0 Å². The first-order chi connectivity index (χ1) is 18.0. The normalized spacial score (nSPS) is 15.7. The third-order valence-electron chi connectivity index (χ3n) is 7.23. The van der Waals surface area contributed by atoms with Crippen LogP contribution in [0.4, 0.5) is 21.5 Å². The molecule has 0 saturated carbocycles. The fourth-order valence-electron chi connectivity index (χ4n) is 5.15. The van der Waals surface area contributed by atoms with Gasteiger partial charge in [-0.15, -0.1) is 0 Å². The molecule has 0 spiro atoms. The molecule has 3 N–H and O–H groups in total. The van der Waals surface area contributed by atoms with Crippen molar-refractivity contribution in [2.45, 2.75) is 12.3 Å². The number of anilines is 3. The molecule has 1 atom stereocenters. The summed E-state index contributed by atoms with van der Waals surface area (Å²) >= 11 is 0. The van der Waals surface area contributed by atoms with Gasteiger partial charge in [0.1, 0.15) is 0 Å². The Morgan fingerprint density at radius 2 is 1.86 bits per heavy atom. The number of carbonyl (C=O) groups is 1. The molecule has 2 aliphatic rings. The monoisotopic (exact) mass is 500 g/mol. The molecular formula is C30H33FN4O2. The quantitative estimate of drug-likeness (QED) is 0.494. The minimum atomic E-state index is -0.449. The van der Waals surface area contributed by atoms with E-state index in [1.54, 1.807) is 30.3 Å². The lowest BCUT2D eigenvalue weighted by Gasteiger charge is -2.29. The summed E-state index contributed by atoms with van der Waals surface area (Å²) in [5, 5.41) is 2.74. The smallest absolute Gasteiger partial charge is 0.255 e. The number of carbonyl (C=O) groups excluding carboxylic acids is 1. The lowest BCUT2D eigenvalue weighted by molar-refractivity contribution is 0.102. The highest BCUT2D eigenvalue weighted by atomic mass is 19.1. The van der Waals surface area contributed by atoms with E-state index in [1.165, 1.54) is 11.3 Å². The van der Waals surface area contributed by atoms with Crippen LogP contribution in [0.1, 0.15) is 33.0 Å². The Bertz CT molecular complexity index is 1310. The highest BCUT2D eigenvalue weighted by molar-refractivity contribution is 6.04. The molecule has 3 aromatic rings. The van der Waals surface area contributed by atoms with Crippen LogP contribution in [0.15, 0.2) is 66.7 Å². The number of benzene rings is 3. The first-order valence-corrected chi connectivity index (χ1v) is 12.7. The minimum absolute atomic E-state index is 0.152. The standard InChI is InChI=1S/C30H33FN4O2/c1-34(2)22-9-6-20(7-10-22)30(36)33-28-5-3-4-26(29(28)31)27(19-32)25-12-8-21-18-23(11-13-24(21)25)35-14-16-37-17-15-35/h3-7,9-13,18,27H,8,14-17,19,32H2,1-2H3,(H,33,36). The lowest BCUT2D eigenvalue weighted by Crippen LogP contribution is -2.36. The molecule has 1 unspecified atom stereocenters. The fourth-order valence-corrected chi connectivity index (χ4v) is 5.15. The second-order valence-corrected chi connectivity index (χ2v) is 9.70. The number of fused-ring (bicyclic) bond motifs is 1. The molecule has 1 amide bonds. The summed E-state index contributed by atoms with van der Waals surface area (Å²) in [6, 6.07) is 18.8. The SMILES string of the molecule is CN(C)c1ccc(C(=O)Nc2cccc(C(CN)C3=CCc4cc(N5CCOCC5)ccc43)c2F)cc1. The van der Waals surface area contributed by atoms with E-state index < -0.39 is 5.82 Å². The Hall–Kier alpha value is -3.68. The molecule has 192 valence electrons. The number of hydrogen-bond donors (Lipinski definition) is 2. The average Bonchev–Trinajstić information content (AvgIpc) is 3.34. The van der Waals surface area contributed by atoms with Gasteiger partial charge in [-0.2, -0.15) is 0 Å². The van der Waals surface area contributed by atoms with Crippen molar-refractivity contribution in [2.75, 3.05) is 62.1 Å². The number of ether oxygens (including phenoxy) is 1. The van der Waals surface area contributed by atoms with E-state index in [4.69, 9.17) is 10.5 Å². The highest BCUT2D eigenvalue weighted by Gasteiger charge is 2.27. The molecule has 1 aliphatic carbocycles. The molecule has 1 heterocycles. The van der Waals surface area contributed by atoms with E-state index in [1.807, 2.05) is 31.1 Å². The molecule has 1 fully saturated rings. The first-order valence-electron chi connectivity index (χ1n) is 12.7. The van der Waals surface area contributed by atoms with E-state index in [2.05, 4.69) is 34.5 Å². The number of allylic oxidation sites excluding steroid dienone is 1. The summed E-state index contributed by atoms with van der Waals surface area (Å²) in [6.45, 7) is 3.51. The third-order valence-corrected chi connectivity index (χ3v) is 7.23. The molecule has 6 nitrogen and oxygen atoms in total. The Morgan fingerprint density at radius 1 is 1.11 bits per heavy atom. The van der Waals surface area contributed by atoms with Gasteiger partial charge in [0, 0.05) is 56.6 Å². The maximum absolute atomic E-state index is 15.8. The summed E-state index contributed by atoms with van der Waals surface area (Å²) in [4.78, 5) is 17.1. The number of nitrogens with two attached hydrogens (primary N) is 1. The molecule has 1 saturated heterocycles. The number of halogens is 1. The van der Waals surface area contributed by atoms with Gasteiger partial charge < -0.3 is 25.6 Å². The summed E-state index contributed by atoms with van der Waals surface area (Å²) < 4.78 is 21.2. The van der Waals surface area contributed by atoms with Crippen LogP contribution >= 0.6 is 0 Å². The van der Waals surface area contributed by atoms with Gasteiger partial charge in [0.05, 0.1) is 18.9 Å². The van der Waals surface area contributed by atoms with Crippen LogP contribution in [0.25, 0.3) is 5.57 Å². The van der Waals surface area contributed by atoms with Crippen LogP contribution in [0.3, 0.4) is 0 Å². The van der Waals surface area contributed by atoms with E-state index in [0.29, 0.717) is 11.1 Å². The topological polar surface area (TPSA) is 70.8 Å². The molecule has 7 heteroatoms. The number of nitrogens with one attached hydrogen (secondary N) is 1.